The Morgan fingerprint density at radius 1 is 1.10 bits per heavy atom. The Bertz CT molecular complexity index is 1300. The number of hydrogen-bond acceptors (Lipinski definition) is 3. The molecule has 152 valence electrons. The summed E-state index contributed by atoms with van der Waals surface area (Å²) in [7, 11) is 0. The molecule has 0 aliphatic heterocycles. The number of aromatic amines is 1. The fraction of sp³-hybridized carbons (Fsp3) is 0.261. The van der Waals surface area contributed by atoms with E-state index in [2.05, 4.69) is 31.2 Å². The first kappa shape index (κ1) is 19.1. The van der Waals surface area contributed by atoms with Crippen molar-refractivity contribution < 1.29 is 4.79 Å². The molecule has 30 heavy (non-hydrogen) atoms. The smallest absolute Gasteiger partial charge is 0.326 e. The van der Waals surface area contributed by atoms with Crippen LogP contribution in [0.25, 0.3) is 21.9 Å². The van der Waals surface area contributed by atoms with E-state index >= 15 is 0 Å². The van der Waals surface area contributed by atoms with Crippen LogP contribution in [0.15, 0.2) is 64.0 Å². The lowest BCUT2D eigenvalue weighted by Gasteiger charge is -2.28. The Kier molecular flexibility index (Phi) is 4.90. The molecule has 5 rings (SSSR count). The summed E-state index contributed by atoms with van der Waals surface area (Å²) >= 11 is 3.50. The Balaban J connectivity index is 1.29. The van der Waals surface area contributed by atoms with Gasteiger partial charge in [-0.15, -0.1) is 0 Å². The van der Waals surface area contributed by atoms with E-state index in [1.807, 2.05) is 53.1 Å². The molecular formula is C23H21BrN4O2. The zero-order valence-electron chi connectivity index (χ0n) is 16.3. The maximum atomic E-state index is 12.8. The van der Waals surface area contributed by atoms with Gasteiger partial charge in [-0.3, -0.25) is 14.3 Å². The Labute approximate surface area is 181 Å². The molecule has 1 amide bonds. The number of benzene rings is 2. The van der Waals surface area contributed by atoms with Crippen molar-refractivity contribution in [3.63, 3.8) is 0 Å². The van der Waals surface area contributed by atoms with Crippen molar-refractivity contribution in [1.82, 2.24) is 14.5 Å². The topological polar surface area (TPSA) is 79.8 Å². The summed E-state index contributed by atoms with van der Waals surface area (Å²) in [5.74, 6) is 0.00389. The van der Waals surface area contributed by atoms with E-state index in [1.54, 1.807) is 6.20 Å². The van der Waals surface area contributed by atoms with E-state index in [1.165, 1.54) is 0 Å². The molecule has 0 saturated heterocycles. The van der Waals surface area contributed by atoms with Gasteiger partial charge in [0.1, 0.15) is 0 Å². The number of rotatable bonds is 3. The minimum atomic E-state index is -0.0884. The van der Waals surface area contributed by atoms with Crippen LogP contribution in [0, 0.1) is 5.92 Å². The Morgan fingerprint density at radius 2 is 1.93 bits per heavy atom. The highest BCUT2D eigenvalue weighted by atomic mass is 79.9. The van der Waals surface area contributed by atoms with Crippen LogP contribution < -0.4 is 11.0 Å². The molecule has 4 aromatic rings. The van der Waals surface area contributed by atoms with Gasteiger partial charge in [-0.25, -0.2) is 4.79 Å². The lowest BCUT2D eigenvalue weighted by Crippen LogP contribution is -2.31. The molecule has 6 nitrogen and oxygen atoms in total. The highest BCUT2D eigenvalue weighted by Gasteiger charge is 2.29. The molecule has 1 aliphatic carbocycles. The van der Waals surface area contributed by atoms with Crippen LogP contribution >= 0.6 is 15.9 Å². The number of amides is 1. The number of nitrogens with zero attached hydrogens (tertiary/aromatic N) is 2. The van der Waals surface area contributed by atoms with Crippen molar-refractivity contribution in [2.45, 2.75) is 31.7 Å². The van der Waals surface area contributed by atoms with E-state index in [0.717, 1.165) is 57.8 Å². The van der Waals surface area contributed by atoms with Crippen molar-refractivity contribution in [1.29, 1.82) is 0 Å². The van der Waals surface area contributed by atoms with Gasteiger partial charge in [-0.2, -0.15) is 0 Å². The summed E-state index contributed by atoms with van der Waals surface area (Å²) in [6, 6.07) is 15.6. The molecule has 1 fully saturated rings. The number of nitrogens with one attached hydrogen (secondary N) is 2. The fourth-order valence-electron chi connectivity index (χ4n) is 4.47. The molecule has 2 N–H and O–H groups in total. The number of para-hydroxylation sites is 1. The zero-order chi connectivity index (χ0) is 20.7. The van der Waals surface area contributed by atoms with E-state index < -0.39 is 0 Å². The number of fused-ring (bicyclic) bond motifs is 2. The number of imidazole rings is 1. The van der Waals surface area contributed by atoms with E-state index in [0.29, 0.717) is 0 Å². The summed E-state index contributed by atoms with van der Waals surface area (Å²) in [6.45, 7) is 0. The molecule has 0 radical (unpaired) electrons. The second kappa shape index (κ2) is 7.72. The molecule has 0 bridgehead atoms. The van der Waals surface area contributed by atoms with E-state index in [9.17, 15) is 9.59 Å². The summed E-state index contributed by atoms with van der Waals surface area (Å²) < 4.78 is 2.74. The van der Waals surface area contributed by atoms with Crippen LogP contribution in [-0.4, -0.2) is 20.4 Å². The monoisotopic (exact) mass is 464 g/mol. The first-order chi connectivity index (χ1) is 14.6. The van der Waals surface area contributed by atoms with Crippen LogP contribution in [0.3, 0.4) is 0 Å². The van der Waals surface area contributed by atoms with Crippen LogP contribution in [0.4, 0.5) is 5.69 Å². The highest BCUT2D eigenvalue weighted by molar-refractivity contribution is 9.10. The molecule has 1 aliphatic rings. The predicted octanol–water partition coefficient (Wildman–Crippen LogP) is 5.01. The minimum Gasteiger partial charge on any atom is -0.326 e. The van der Waals surface area contributed by atoms with Crippen molar-refractivity contribution >= 4 is 49.5 Å². The molecular weight excluding hydrogens is 444 g/mol. The van der Waals surface area contributed by atoms with Crippen molar-refractivity contribution in [3.8, 4) is 0 Å². The number of carbonyl (C=O) groups is 1. The maximum absolute atomic E-state index is 12.8. The van der Waals surface area contributed by atoms with Crippen LogP contribution in [0.1, 0.15) is 31.7 Å². The average molecular weight is 465 g/mol. The fourth-order valence-corrected chi connectivity index (χ4v) is 4.93. The maximum Gasteiger partial charge on any atom is 0.326 e. The first-order valence-corrected chi connectivity index (χ1v) is 10.9. The number of aromatic nitrogens is 3. The molecule has 2 heterocycles. The van der Waals surface area contributed by atoms with Crippen LogP contribution in [0.5, 0.6) is 0 Å². The van der Waals surface area contributed by atoms with Gasteiger partial charge in [0.25, 0.3) is 0 Å². The zero-order valence-corrected chi connectivity index (χ0v) is 17.9. The van der Waals surface area contributed by atoms with Crippen LogP contribution in [0.2, 0.25) is 0 Å². The van der Waals surface area contributed by atoms with Crippen LogP contribution in [-0.2, 0) is 4.79 Å². The number of anilines is 1. The van der Waals surface area contributed by atoms with Crippen molar-refractivity contribution in [2.24, 2.45) is 5.92 Å². The molecule has 2 aromatic carbocycles. The normalized spacial score (nSPS) is 19.2. The van der Waals surface area contributed by atoms with Gasteiger partial charge in [0, 0.05) is 33.7 Å². The SMILES string of the molecule is O=c1[nH]c2c(Br)cccc2n1[C@H]1CC[C@@H](C(=O)Nc2ccc3ncccc3c2)CC1. The largest absolute Gasteiger partial charge is 0.326 e. The third-order valence-electron chi connectivity index (χ3n) is 6.01. The summed E-state index contributed by atoms with van der Waals surface area (Å²) in [6.07, 6.45) is 4.90. The predicted molar refractivity (Wildman–Crippen MR) is 122 cm³/mol. The molecule has 7 heteroatoms. The van der Waals surface area contributed by atoms with Gasteiger partial charge in [-0.05, 0) is 78.0 Å². The number of pyridine rings is 1. The molecule has 2 aromatic heterocycles. The average Bonchev–Trinajstić information content (AvgIpc) is 3.11. The van der Waals surface area contributed by atoms with Gasteiger partial charge in [0.05, 0.1) is 16.6 Å². The van der Waals surface area contributed by atoms with Crippen molar-refractivity contribution in [2.75, 3.05) is 5.32 Å². The molecule has 1 saturated carbocycles. The summed E-state index contributed by atoms with van der Waals surface area (Å²) in [5, 5.41) is 4.06. The minimum absolute atomic E-state index is 0.0431. The Morgan fingerprint density at radius 3 is 2.77 bits per heavy atom. The first-order valence-electron chi connectivity index (χ1n) is 10.1. The summed E-state index contributed by atoms with van der Waals surface area (Å²) in [5.41, 5.74) is 3.35. The third kappa shape index (κ3) is 3.43. The third-order valence-corrected chi connectivity index (χ3v) is 6.67. The Hall–Kier alpha value is -2.93. The second-order valence-corrected chi connectivity index (χ2v) is 8.69. The molecule has 0 unspecified atom stereocenters. The van der Waals surface area contributed by atoms with Gasteiger partial charge in [0.15, 0.2) is 0 Å². The van der Waals surface area contributed by atoms with Crippen molar-refractivity contribution in [3.05, 3.63) is 69.7 Å². The second-order valence-electron chi connectivity index (χ2n) is 7.84. The lowest BCUT2D eigenvalue weighted by molar-refractivity contribution is -0.121. The van der Waals surface area contributed by atoms with E-state index in [4.69, 9.17) is 0 Å². The molecule has 0 spiro atoms. The highest BCUT2D eigenvalue weighted by Crippen LogP contribution is 2.34. The van der Waals surface area contributed by atoms with Gasteiger partial charge in [-0.1, -0.05) is 12.1 Å². The molecule has 0 atom stereocenters. The van der Waals surface area contributed by atoms with Gasteiger partial charge in [0.2, 0.25) is 5.91 Å². The van der Waals surface area contributed by atoms with Gasteiger partial charge >= 0.3 is 5.69 Å². The van der Waals surface area contributed by atoms with E-state index in [-0.39, 0.29) is 23.6 Å². The summed E-state index contributed by atoms with van der Waals surface area (Å²) in [4.78, 5) is 32.6. The number of halogens is 1. The quantitative estimate of drug-likeness (QED) is 0.447. The standard InChI is InChI=1S/C23H21BrN4O2/c24-18-4-1-5-20-21(18)27-23(30)28(20)17-9-6-14(7-10-17)22(29)26-16-8-11-19-15(13-16)3-2-12-25-19/h1-5,8,11-14,17H,6-7,9-10H2,(H,26,29)(H,27,30)/t14-,17+. The lowest BCUT2D eigenvalue weighted by atomic mass is 9.85. The number of hydrogen-bond donors (Lipinski definition) is 2. The van der Waals surface area contributed by atoms with Gasteiger partial charge < -0.3 is 10.3 Å². The number of carbonyl (C=O) groups excluding carboxylic acids is 1. The number of H-pyrrole nitrogens is 1.